The fourth-order valence-electron chi connectivity index (χ4n) is 4.28. The number of barbiturate groups is 1. The van der Waals surface area contributed by atoms with Gasteiger partial charge in [-0.3, -0.25) is 19.4 Å². The number of imide groups is 2. The third-order valence-corrected chi connectivity index (χ3v) is 6.10. The Balaban J connectivity index is 1.93. The van der Waals surface area contributed by atoms with E-state index in [1.54, 1.807) is 6.08 Å². The maximum absolute atomic E-state index is 13.2. The van der Waals surface area contributed by atoms with E-state index in [-0.39, 0.29) is 36.3 Å². The number of allylic oxidation sites excluding steroid dienone is 3. The molecule has 0 radical (unpaired) electrons. The molecule has 1 fully saturated rings. The second kappa shape index (κ2) is 9.67. The van der Waals surface area contributed by atoms with Crippen molar-refractivity contribution in [2.75, 3.05) is 31.6 Å². The summed E-state index contributed by atoms with van der Waals surface area (Å²) in [5, 5.41) is 0. The lowest BCUT2D eigenvalue weighted by Crippen LogP contribution is -2.57. The zero-order valence-corrected chi connectivity index (χ0v) is 20.4. The number of nitrogens with zero attached hydrogens (tertiary/aromatic N) is 3. The van der Waals surface area contributed by atoms with Crippen LogP contribution in [0.3, 0.4) is 0 Å². The van der Waals surface area contributed by atoms with Gasteiger partial charge in [-0.15, -0.1) is 0 Å². The Morgan fingerprint density at radius 1 is 1.06 bits per heavy atom. The molecule has 2 aliphatic heterocycles. The van der Waals surface area contributed by atoms with Crippen LogP contribution in [0.5, 0.6) is 0 Å². The molecular formula is C26H31N3O5. The highest BCUT2D eigenvalue weighted by Crippen LogP contribution is 2.46. The van der Waals surface area contributed by atoms with Crippen LogP contribution in [-0.2, 0) is 24.5 Å². The minimum atomic E-state index is -0.709. The van der Waals surface area contributed by atoms with Crippen molar-refractivity contribution in [3.8, 4) is 0 Å². The van der Waals surface area contributed by atoms with Gasteiger partial charge in [0.1, 0.15) is 12.2 Å². The summed E-state index contributed by atoms with van der Waals surface area (Å²) in [6.07, 6.45) is 3.81. The Labute approximate surface area is 200 Å². The van der Waals surface area contributed by atoms with E-state index in [0.717, 1.165) is 26.7 Å². The summed E-state index contributed by atoms with van der Waals surface area (Å²) in [7, 11) is 1.94. The monoisotopic (exact) mass is 465 g/mol. The highest BCUT2D eigenvalue weighted by Gasteiger charge is 2.42. The minimum Gasteiger partial charge on any atom is -0.460 e. The van der Waals surface area contributed by atoms with Gasteiger partial charge in [0.05, 0.1) is 6.54 Å². The van der Waals surface area contributed by atoms with Crippen LogP contribution in [-0.4, -0.2) is 60.4 Å². The standard InChI is InChI=1S/C26H31N3O5/c1-7-14-28-22(30)18(23(31)29(25(28)33)15-16-34-24(32)17(2)3)12-13-21-26(4,5)19-10-8-9-11-20(19)27(21)6/h8-13H,2,7,14-16H2,1,3-6H3/b18-12-,21-13+. The lowest BCUT2D eigenvalue weighted by atomic mass is 9.83. The first-order valence-corrected chi connectivity index (χ1v) is 11.3. The largest absolute Gasteiger partial charge is 0.460 e. The van der Waals surface area contributed by atoms with Crippen LogP contribution in [0, 0.1) is 0 Å². The van der Waals surface area contributed by atoms with Gasteiger partial charge in [-0.05, 0) is 37.1 Å². The predicted octanol–water partition coefficient (Wildman–Crippen LogP) is 3.54. The number of para-hydroxylation sites is 1. The topological polar surface area (TPSA) is 87.2 Å². The molecule has 8 nitrogen and oxygen atoms in total. The Bertz CT molecular complexity index is 1120. The van der Waals surface area contributed by atoms with E-state index in [0.29, 0.717) is 6.42 Å². The van der Waals surface area contributed by atoms with Crippen LogP contribution >= 0.6 is 0 Å². The minimum absolute atomic E-state index is 0.105. The van der Waals surface area contributed by atoms with Crippen LogP contribution in [0.25, 0.3) is 0 Å². The molecule has 4 amide bonds. The maximum atomic E-state index is 13.2. The summed E-state index contributed by atoms with van der Waals surface area (Å²) in [5.74, 6) is -1.94. The summed E-state index contributed by atoms with van der Waals surface area (Å²) < 4.78 is 5.05. The molecule has 8 heteroatoms. The first-order chi connectivity index (χ1) is 16.0. The van der Waals surface area contributed by atoms with Crippen molar-refractivity contribution >= 4 is 29.5 Å². The molecule has 0 aliphatic carbocycles. The number of anilines is 1. The van der Waals surface area contributed by atoms with Crippen molar-refractivity contribution in [3.63, 3.8) is 0 Å². The molecule has 2 heterocycles. The molecule has 3 rings (SSSR count). The number of carbonyl (C=O) groups is 4. The third kappa shape index (κ3) is 4.40. The van der Waals surface area contributed by atoms with Crippen molar-refractivity contribution in [1.82, 2.24) is 9.80 Å². The number of ether oxygens (including phenoxy) is 1. The number of carbonyl (C=O) groups excluding carboxylic acids is 4. The number of hydrogen-bond acceptors (Lipinski definition) is 6. The number of hydrogen-bond donors (Lipinski definition) is 0. The number of rotatable bonds is 7. The van der Waals surface area contributed by atoms with Crippen molar-refractivity contribution in [2.45, 2.75) is 39.5 Å². The van der Waals surface area contributed by atoms with Gasteiger partial charge in [-0.1, -0.05) is 45.5 Å². The smallest absolute Gasteiger partial charge is 0.334 e. The van der Waals surface area contributed by atoms with Crippen LogP contribution in [0.15, 0.2) is 59.8 Å². The molecule has 34 heavy (non-hydrogen) atoms. The van der Waals surface area contributed by atoms with Gasteiger partial charge < -0.3 is 9.64 Å². The lowest BCUT2D eigenvalue weighted by molar-refractivity contribution is -0.142. The first kappa shape index (κ1) is 25.0. The fourth-order valence-corrected chi connectivity index (χ4v) is 4.28. The normalized spacial score (nSPS) is 19.8. The summed E-state index contributed by atoms with van der Waals surface area (Å²) in [4.78, 5) is 54.8. The SMILES string of the molecule is C=C(C)C(=O)OCCN1C(=O)/C(=C\C=C2\N(C)c3ccccc3C2(C)C)C(=O)N(CCC)C1=O. The average Bonchev–Trinajstić information content (AvgIpc) is 2.99. The molecule has 1 aromatic carbocycles. The number of benzene rings is 1. The van der Waals surface area contributed by atoms with Gasteiger partial charge in [-0.25, -0.2) is 9.59 Å². The lowest BCUT2D eigenvalue weighted by Gasteiger charge is -2.33. The molecule has 0 saturated carbocycles. The van der Waals surface area contributed by atoms with Crippen molar-refractivity contribution < 1.29 is 23.9 Å². The van der Waals surface area contributed by atoms with E-state index in [4.69, 9.17) is 4.74 Å². The second-order valence-corrected chi connectivity index (χ2v) is 8.95. The number of fused-ring (bicyclic) bond motifs is 1. The molecule has 0 unspecified atom stereocenters. The van der Waals surface area contributed by atoms with Crippen molar-refractivity contribution in [1.29, 1.82) is 0 Å². The van der Waals surface area contributed by atoms with Crippen molar-refractivity contribution in [2.24, 2.45) is 0 Å². The molecule has 2 aliphatic rings. The van der Waals surface area contributed by atoms with Crippen LogP contribution in [0.1, 0.15) is 39.7 Å². The van der Waals surface area contributed by atoms with Gasteiger partial charge in [0.15, 0.2) is 0 Å². The highest BCUT2D eigenvalue weighted by atomic mass is 16.5. The summed E-state index contributed by atoms with van der Waals surface area (Å²) in [5.41, 5.74) is 2.90. The number of urea groups is 1. The summed E-state index contributed by atoms with van der Waals surface area (Å²) in [6.45, 7) is 10.9. The van der Waals surface area contributed by atoms with E-state index in [1.165, 1.54) is 13.0 Å². The zero-order chi connectivity index (χ0) is 25.2. The van der Waals surface area contributed by atoms with Gasteiger partial charge >= 0.3 is 12.0 Å². The molecule has 0 bridgehead atoms. The number of esters is 1. The Kier molecular flexibility index (Phi) is 7.09. The number of amides is 4. The first-order valence-electron chi connectivity index (χ1n) is 11.3. The van der Waals surface area contributed by atoms with Crippen LogP contribution in [0.2, 0.25) is 0 Å². The highest BCUT2D eigenvalue weighted by molar-refractivity contribution is 6.28. The molecule has 0 N–H and O–H groups in total. The Hall–Kier alpha value is -3.68. The van der Waals surface area contributed by atoms with Crippen LogP contribution in [0.4, 0.5) is 10.5 Å². The molecule has 180 valence electrons. The van der Waals surface area contributed by atoms with E-state index in [9.17, 15) is 19.2 Å². The van der Waals surface area contributed by atoms with Gasteiger partial charge in [0, 0.05) is 36.0 Å². The predicted molar refractivity (Wildman–Crippen MR) is 129 cm³/mol. The second-order valence-electron chi connectivity index (χ2n) is 8.95. The van der Waals surface area contributed by atoms with Gasteiger partial charge in [-0.2, -0.15) is 0 Å². The Morgan fingerprint density at radius 2 is 1.68 bits per heavy atom. The molecule has 0 spiro atoms. The average molecular weight is 466 g/mol. The summed E-state index contributed by atoms with van der Waals surface area (Å²) in [6, 6.07) is 7.33. The van der Waals surface area contributed by atoms with Crippen molar-refractivity contribution in [3.05, 3.63) is 65.4 Å². The van der Waals surface area contributed by atoms with E-state index in [2.05, 4.69) is 26.5 Å². The molecule has 1 aromatic rings. The van der Waals surface area contributed by atoms with Crippen LogP contribution < -0.4 is 4.90 Å². The summed E-state index contributed by atoms with van der Waals surface area (Å²) >= 11 is 0. The van der Waals surface area contributed by atoms with Gasteiger partial charge in [0.2, 0.25) is 0 Å². The van der Waals surface area contributed by atoms with E-state index in [1.807, 2.05) is 37.1 Å². The van der Waals surface area contributed by atoms with Gasteiger partial charge in [0.25, 0.3) is 11.8 Å². The Morgan fingerprint density at radius 3 is 2.26 bits per heavy atom. The maximum Gasteiger partial charge on any atom is 0.334 e. The fraction of sp³-hybridized carbons (Fsp3) is 0.385. The molecule has 0 aromatic heterocycles. The molecule has 1 saturated heterocycles. The molecular weight excluding hydrogens is 434 g/mol. The quantitative estimate of drug-likeness (QED) is 0.348. The van der Waals surface area contributed by atoms with E-state index >= 15 is 0 Å². The zero-order valence-electron chi connectivity index (χ0n) is 20.4. The third-order valence-electron chi connectivity index (χ3n) is 6.10. The molecule has 0 atom stereocenters. The number of likely N-dealkylation sites (N-methyl/N-ethyl adjacent to an activating group) is 1. The van der Waals surface area contributed by atoms with E-state index < -0.39 is 23.8 Å².